The van der Waals surface area contributed by atoms with Crippen LogP contribution in [0.2, 0.25) is 0 Å². The van der Waals surface area contributed by atoms with Gasteiger partial charge in [0.1, 0.15) is 0 Å². The second-order valence-corrected chi connectivity index (χ2v) is 5.71. The molecule has 20 heavy (non-hydrogen) atoms. The zero-order valence-electron chi connectivity index (χ0n) is 11.6. The third-order valence-electron chi connectivity index (χ3n) is 4.20. The maximum atomic E-state index is 11.3. The van der Waals surface area contributed by atoms with Gasteiger partial charge >= 0.3 is 5.97 Å². The second-order valence-electron chi connectivity index (χ2n) is 5.71. The number of carboxylic acids is 1. The van der Waals surface area contributed by atoms with Crippen LogP contribution in [0.15, 0.2) is 36.4 Å². The molecule has 0 radical (unpaired) electrons. The molecule has 1 aliphatic rings. The minimum absolute atomic E-state index is 0.362. The molecule has 1 aliphatic carbocycles. The SMILES string of the molecule is CC(CNc1ccc(C(=O)O)c2ccccc12)C1CC1. The molecular formula is C17H19NO2. The zero-order valence-corrected chi connectivity index (χ0v) is 11.6. The number of anilines is 1. The van der Waals surface area contributed by atoms with Crippen LogP contribution in [-0.2, 0) is 0 Å². The lowest BCUT2D eigenvalue weighted by atomic mass is 10.0. The molecule has 1 saturated carbocycles. The molecule has 104 valence electrons. The normalized spacial score (nSPS) is 16.1. The highest BCUT2D eigenvalue weighted by Crippen LogP contribution is 2.37. The van der Waals surface area contributed by atoms with Crippen molar-refractivity contribution in [3.8, 4) is 0 Å². The van der Waals surface area contributed by atoms with E-state index in [9.17, 15) is 9.90 Å². The molecular weight excluding hydrogens is 250 g/mol. The van der Waals surface area contributed by atoms with Gasteiger partial charge in [0.2, 0.25) is 0 Å². The maximum Gasteiger partial charge on any atom is 0.336 e. The molecule has 2 N–H and O–H groups in total. The highest BCUT2D eigenvalue weighted by atomic mass is 16.4. The summed E-state index contributed by atoms with van der Waals surface area (Å²) < 4.78 is 0. The lowest BCUT2D eigenvalue weighted by molar-refractivity contribution is 0.0699. The van der Waals surface area contributed by atoms with Crippen LogP contribution in [0.4, 0.5) is 5.69 Å². The second kappa shape index (κ2) is 5.16. The van der Waals surface area contributed by atoms with Gasteiger partial charge in [0.25, 0.3) is 0 Å². The summed E-state index contributed by atoms with van der Waals surface area (Å²) in [6, 6.07) is 11.2. The van der Waals surface area contributed by atoms with Gasteiger partial charge in [-0.05, 0) is 42.2 Å². The number of aromatic carboxylic acids is 1. The predicted molar refractivity (Wildman–Crippen MR) is 81.3 cm³/mol. The van der Waals surface area contributed by atoms with Crippen molar-refractivity contribution in [2.24, 2.45) is 11.8 Å². The van der Waals surface area contributed by atoms with Crippen LogP contribution in [0, 0.1) is 11.8 Å². The van der Waals surface area contributed by atoms with Crippen molar-refractivity contribution < 1.29 is 9.90 Å². The summed E-state index contributed by atoms with van der Waals surface area (Å²) in [7, 11) is 0. The summed E-state index contributed by atoms with van der Waals surface area (Å²) in [5.74, 6) is 0.666. The van der Waals surface area contributed by atoms with Gasteiger partial charge in [-0.25, -0.2) is 4.79 Å². The van der Waals surface area contributed by atoms with E-state index in [0.717, 1.165) is 28.9 Å². The van der Waals surface area contributed by atoms with Crippen LogP contribution >= 0.6 is 0 Å². The monoisotopic (exact) mass is 269 g/mol. The molecule has 0 heterocycles. The first-order valence-electron chi connectivity index (χ1n) is 7.15. The molecule has 3 heteroatoms. The van der Waals surface area contributed by atoms with E-state index < -0.39 is 5.97 Å². The summed E-state index contributed by atoms with van der Waals surface area (Å²) in [6.45, 7) is 3.22. The number of rotatable bonds is 5. The lowest BCUT2D eigenvalue weighted by Gasteiger charge is -2.15. The molecule has 0 aliphatic heterocycles. The van der Waals surface area contributed by atoms with Gasteiger partial charge in [0.05, 0.1) is 5.56 Å². The Morgan fingerprint density at radius 2 is 1.95 bits per heavy atom. The van der Waals surface area contributed by atoms with Crippen molar-refractivity contribution in [1.29, 1.82) is 0 Å². The van der Waals surface area contributed by atoms with Crippen molar-refractivity contribution in [1.82, 2.24) is 0 Å². The Balaban J connectivity index is 1.91. The Labute approximate surface area is 118 Å². The van der Waals surface area contributed by atoms with E-state index in [1.807, 2.05) is 30.3 Å². The van der Waals surface area contributed by atoms with Crippen molar-refractivity contribution in [3.05, 3.63) is 42.0 Å². The van der Waals surface area contributed by atoms with Gasteiger partial charge in [0, 0.05) is 17.6 Å². The van der Waals surface area contributed by atoms with Gasteiger partial charge in [-0.2, -0.15) is 0 Å². The summed E-state index contributed by atoms with van der Waals surface area (Å²) in [5, 5.41) is 14.5. The zero-order chi connectivity index (χ0) is 14.1. The molecule has 2 aromatic carbocycles. The van der Waals surface area contributed by atoms with Crippen molar-refractivity contribution in [3.63, 3.8) is 0 Å². The molecule has 1 unspecified atom stereocenters. The molecule has 0 spiro atoms. The van der Waals surface area contributed by atoms with Crippen molar-refractivity contribution in [2.75, 3.05) is 11.9 Å². The van der Waals surface area contributed by atoms with E-state index in [4.69, 9.17) is 0 Å². The fourth-order valence-electron chi connectivity index (χ4n) is 2.74. The van der Waals surface area contributed by atoms with Crippen LogP contribution in [0.1, 0.15) is 30.1 Å². The highest BCUT2D eigenvalue weighted by molar-refractivity contribution is 6.07. The van der Waals surface area contributed by atoms with E-state index in [-0.39, 0.29) is 0 Å². The molecule has 0 amide bonds. The highest BCUT2D eigenvalue weighted by Gasteiger charge is 2.27. The first kappa shape index (κ1) is 13.0. The molecule has 0 bridgehead atoms. The van der Waals surface area contributed by atoms with Crippen LogP contribution < -0.4 is 5.32 Å². The minimum Gasteiger partial charge on any atom is -0.478 e. The molecule has 1 atom stereocenters. The minimum atomic E-state index is -0.876. The van der Waals surface area contributed by atoms with Gasteiger partial charge in [-0.15, -0.1) is 0 Å². The molecule has 3 rings (SSSR count). The number of nitrogens with one attached hydrogen (secondary N) is 1. The Bertz CT molecular complexity index is 646. The number of carboxylic acid groups (broad SMARTS) is 1. The van der Waals surface area contributed by atoms with E-state index in [1.54, 1.807) is 6.07 Å². The lowest BCUT2D eigenvalue weighted by Crippen LogP contribution is -2.13. The third kappa shape index (κ3) is 2.48. The first-order valence-corrected chi connectivity index (χ1v) is 7.15. The van der Waals surface area contributed by atoms with Gasteiger partial charge in [-0.1, -0.05) is 31.2 Å². The molecule has 1 fully saturated rings. The molecule has 0 aromatic heterocycles. The fraction of sp³-hybridized carbons (Fsp3) is 0.353. The van der Waals surface area contributed by atoms with E-state index in [0.29, 0.717) is 11.5 Å². The van der Waals surface area contributed by atoms with Crippen molar-refractivity contribution in [2.45, 2.75) is 19.8 Å². The van der Waals surface area contributed by atoms with Crippen LogP contribution in [0.5, 0.6) is 0 Å². The van der Waals surface area contributed by atoms with E-state index in [1.165, 1.54) is 12.8 Å². The van der Waals surface area contributed by atoms with Gasteiger partial charge < -0.3 is 10.4 Å². The number of benzene rings is 2. The van der Waals surface area contributed by atoms with Crippen molar-refractivity contribution >= 4 is 22.4 Å². The molecule has 2 aromatic rings. The summed E-state index contributed by atoms with van der Waals surface area (Å²) in [4.78, 5) is 11.3. The quantitative estimate of drug-likeness (QED) is 0.862. The van der Waals surface area contributed by atoms with E-state index in [2.05, 4.69) is 12.2 Å². The topological polar surface area (TPSA) is 49.3 Å². The Kier molecular flexibility index (Phi) is 3.35. The predicted octanol–water partition coefficient (Wildman–Crippen LogP) is 4.00. The number of hydrogen-bond donors (Lipinski definition) is 2. The summed E-state index contributed by atoms with van der Waals surface area (Å²) in [5.41, 5.74) is 1.39. The average molecular weight is 269 g/mol. The first-order chi connectivity index (χ1) is 9.66. The largest absolute Gasteiger partial charge is 0.478 e. The average Bonchev–Trinajstić information content (AvgIpc) is 3.28. The van der Waals surface area contributed by atoms with Gasteiger partial charge in [0.15, 0.2) is 0 Å². The summed E-state index contributed by atoms with van der Waals surface area (Å²) >= 11 is 0. The van der Waals surface area contributed by atoms with Gasteiger partial charge in [-0.3, -0.25) is 0 Å². The van der Waals surface area contributed by atoms with Crippen LogP contribution in [-0.4, -0.2) is 17.6 Å². The Hall–Kier alpha value is -2.03. The Morgan fingerprint density at radius 3 is 2.60 bits per heavy atom. The van der Waals surface area contributed by atoms with Crippen LogP contribution in [0.25, 0.3) is 10.8 Å². The number of carbonyl (C=O) groups is 1. The third-order valence-corrected chi connectivity index (χ3v) is 4.20. The number of hydrogen-bond acceptors (Lipinski definition) is 2. The van der Waals surface area contributed by atoms with Crippen LogP contribution in [0.3, 0.4) is 0 Å². The maximum absolute atomic E-state index is 11.3. The fourth-order valence-corrected chi connectivity index (χ4v) is 2.74. The standard InChI is InChI=1S/C17H19NO2/c1-11(12-6-7-12)10-18-16-9-8-15(17(19)20)13-4-2-3-5-14(13)16/h2-5,8-9,11-12,18H,6-7,10H2,1H3,(H,19,20). The smallest absolute Gasteiger partial charge is 0.336 e. The molecule has 3 nitrogen and oxygen atoms in total. The summed E-state index contributed by atoms with van der Waals surface area (Å²) in [6.07, 6.45) is 2.70. The Morgan fingerprint density at radius 1 is 1.25 bits per heavy atom. The number of fused-ring (bicyclic) bond motifs is 1. The molecule has 0 saturated heterocycles. The van der Waals surface area contributed by atoms with E-state index >= 15 is 0 Å².